The number of rotatable bonds is 4. The predicted octanol–water partition coefficient (Wildman–Crippen LogP) is 2.51. The lowest BCUT2D eigenvalue weighted by molar-refractivity contribution is 0.00733. The first kappa shape index (κ1) is 22.0. The molecule has 2 rings (SSSR count). The summed E-state index contributed by atoms with van der Waals surface area (Å²) in [6.07, 6.45) is 1.33. The average Bonchev–Trinajstić information content (AvgIpc) is 2.51. The number of nitrogens with one attached hydrogen (secondary N) is 1. The minimum Gasteiger partial charge on any atom is -0.379 e. The minimum atomic E-state index is 0. The van der Waals surface area contributed by atoms with Crippen molar-refractivity contribution in [3.63, 3.8) is 0 Å². The smallest absolute Gasteiger partial charge is 0.193 e. The van der Waals surface area contributed by atoms with Crippen LogP contribution in [-0.2, 0) is 4.74 Å². The van der Waals surface area contributed by atoms with Gasteiger partial charge in [-0.05, 0) is 24.2 Å². The molecule has 2 aliphatic heterocycles. The second kappa shape index (κ2) is 10.8. The van der Waals surface area contributed by atoms with Gasteiger partial charge in [-0.25, -0.2) is 0 Å². The standard InChI is InChI=1S/C18H36N4O.HI/c1-14(2)17(21-6-8-23-9-7-21)11-20-18(19-5)22-12-15(3)10-16(4)13-22;/h14-17H,6-13H2,1-5H3,(H,19,20);1H. The van der Waals surface area contributed by atoms with Gasteiger partial charge in [-0.3, -0.25) is 9.89 Å². The number of nitrogens with zero attached hydrogens (tertiary/aromatic N) is 3. The van der Waals surface area contributed by atoms with E-state index in [1.165, 1.54) is 6.42 Å². The van der Waals surface area contributed by atoms with Crippen molar-refractivity contribution in [1.29, 1.82) is 0 Å². The van der Waals surface area contributed by atoms with Crippen LogP contribution in [0.4, 0.5) is 0 Å². The lowest BCUT2D eigenvalue weighted by Gasteiger charge is -2.40. The molecule has 2 heterocycles. The van der Waals surface area contributed by atoms with E-state index in [0.717, 1.165) is 63.7 Å². The van der Waals surface area contributed by atoms with E-state index in [0.29, 0.717) is 12.0 Å². The summed E-state index contributed by atoms with van der Waals surface area (Å²) in [5, 5.41) is 3.65. The molecule has 0 radical (unpaired) electrons. The fraction of sp³-hybridized carbons (Fsp3) is 0.944. The Morgan fingerprint density at radius 1 is 1.17 bits per heavy atom. The van der Waals surface area contributed by atoms with Crippen molar-refractivity contribution in [3.05, 3.63) is 0 Å². The van der Waals surface area contributed by atoms with Crippen LogP contribution < -0.4 is 5.32 Å². The Kier molecular flexibility index (Phi) is 9.89. The SMILES string of the molecule is CN=C(NCC(C(C)C)N1CCOCC1)N1CC(C)CC(C)C1.I. The fourth-order valence-electron chi connectivity index (χ4n) is 4.06. The number of likely N-dealkylation sites (tertiary alicyclic amines) is 1. The van der Waals surface area contributed by atoms with Crippen LogP contribution in [0.2, 0.25) is 0 Å². The summed E-state index contributed by atoms with van der Waals surface area (Å²) < 4.78 is 5.50. The van der Waals surface area contributed by atoms with E-state index >= 15 is 0 Å². The Morgan fingerprint density at radius 2 is 1.75 bits per heavy atom. The largest absolute Gasteiger partial charge is 0.379 e. The molecule has 0 aromatic heterocycles. The number of morpholine rings is 1. The zero-order valence-electron chi connectivity index (χ0n) is 16.1. The first-order valence-corrected chi connectivity index (χ1v) is 9.28. The molecule has 3 atom stereocenters. The summed E-state index contributed by atoms with van der Waals surface area (Å²) >= 11 is 0. The van der Waals surface area contributed by atoms with Gasteiger partial charge in [0.25, 0.3) is 0 Å². The molecule has 0 aromatic rings. The summed E-state index contributed by atoms with van der Waals surface area (Å²) in [5.74, 6) is 3.19. The van der Waals surface area contributed by atoms with Crippen LogP contribution in [-0.4, -0.2) is 74.8 Å². The lowest BCUT2D eigenvalue weighted by atomic mass is 9.92. The van der Waals surface area contributed by atoms with Crippen LogP contribution in [0.15, 0.2) is 4.99 Å². The number of hydrogen-bond donors (Lipinski definition) is 1. The van der Waals surface area contributed by atoms with E-state index in [-0.39, 0.29) is 24.0 Å². The van der Waals surface area contributed by atoms with Crippen LogP contribution in [0.25, 0.3) is 0 Å². The van der Waals surface area contributed by atoms with Crippen LogP contribution in [0.5, 0.6) is 0 Å². The molecule has 0 amide bonds. The van der Waals surface area contributed by atoms with Crippen molar-refractivity contribution in [2.24, 2.45) is 22.7 Å². The van der Waals surface area contributed by atoms with E-state index < -0.39 is 0 Å². The van der Waals surface area contributed by atoms with Gasteiger partial charge in [0.05, 0.1) is 13.2 Å². The molecule has 5 nitrogen and oxygen atoms in total. The Labute approximate surface area is 165 Å². The van der Waals surface area contributed by atoms with Crippen molar-refractivity contribution >= 4 is 29.9 Å². The van der Waals surface area contributed by atoms with Gasteiger partial charge < -0.3 is 15.0 Å². The van der Waals surface area contributed by atoms with E-state index in [9.17, 15) is 0 Å². The Balaban J connectivity index is 0.00000288. The predicted molar refractivity (Wildman–Crippen MR) is 112 cm³/mol. The number of aliphatic imine (C=N–C) groups is 1. The second-order valence-corrected chi connectivity index (χ2v) is 7.74. The van der Waals surface area contributed by atoms with E-state index in [4.69, 9.17) is 4.74 Å². The molecular weight excluding hydrogens is 415 g/mol. The molecule has 2 saturated heterocycles. The maximum atomic E-state index is 5.50. The van der Waals surface area contributed by atoms with Gasteiger partial charge in [-0.1, -0.05) is 27.7 Å². The topological polar surface area (TPSA) is 40.1 Å². The molecule has 0 aromatic carbocycles. The van der Waals surface area contributed by atoms with Gasteiger partial charge >= 0.3 is 0 Å². The normalized spacial score (nSPS) is 27.8. The highest BCUT2D eigenvalue weighted by Gasteiger charge is 2.27. The summed E-state index contributed by atoms with van der Waals surface area (Å²) in [4.78, 5) is 9.55. The summed E-state index contributed by atoms with van der Waals surface area (Å²) in [6, 6.07) is 0.537. The van der Waals surface area contributed by atoms with Crippen LogP contribution in [0.1, 0.15) is 34.1 Å². The highest BCUT2D eigenvalue weighted by Crippen LogP contribution is 2.21. The fourth-order valence-corrected chi connectivity index (χ4v) is 4.06. The summed E-state index contributed by atoms with van der Waals surface area (Å²) in [5.41, 5.74) is 0. The zero-order chi connectivity index (χ0) is 16.8. The van der Waals surface area contributed by atoms with Gasteiger partial charge in [0.1, 0.15) is 0 Å². The van der Waals surface area contributed by atoms with E-state index in [2.05, 4.69) is 47.8 Å². The highest BCUT2D eigenvalue weighted by molar-refractivity contribution is 14.0. The molecule has 2 fully saturated rings. The van der Waals surface area contributed by atoms with Crippen LogP contribution in [0, 0.1) is 17.8 Å². The molecule has 6 heteroatoms. The van der Waals surface area contributed by atoms with Crippen molar-refractivity contribution in [1.82, 2.24) is 15.1 Å². The number of halogens is 1. The average molecular weight is 452 g/mol. The molecule has 142 valence electrons. The monoisotopic (exact) mass is 452 g/mol. The van der Waals surface area contributed by atoms with Crippen molar-refractivity contribution in [3.8, 4) is 0 Å². The molecular formula is C18H37IN4O. The number of hydrogen-bond acceptors (Lipinski definition) is 3. The zero-order valence-corrected chi connectivity index (χ0v) is 18.5. The second-order valence-electron chi connectivity index (χ2n) is 7.74. The maximum Gasteiger partial charge on any atom is 0.193 e. The molecule has 0 aliphatic carbocycles. The molecule has 24 heavy (non-hydrogen) atoms. The Morgan fingerprint density at radius 3 is 2.25 bits per heavy atom. The third-order valence-corrected chi connectivity index (χ3v) is 5.13. The quantitative estimate of drug-likeness (QED) is 0.405. The Bertz CT molecular complexity index is 375. The van der Waals surface area contributed by atoms with Crippen molar-refractivity contribution in [2.45, 2.75) is 40.2 Å². The lowest BCUT2D eigenvalue weighted by Crippen LogP contribution is -2.54. The molecule has 3 unspecified atom stereocenters. The first-order valence-electron chi connectivity index (χ1n) is 9.28. The van der Waals surface area contributed by atoms with Crippen molar-refractivity contribution in [2.75, 3.05) is 53.0 Å². The van der Waals surface area contributed by atoms with E-state index in [1.807, 2.05) is 7.05 Å². The number of ether oxygens (including phenoxy) is 1. The molecule has 2 aliphatic rings. The number of guanidine groups is 1. The first-order chi connectivity index (χ1) is 11.0. The third-order valence-electron chi connectivity index (χ3n) is 5.13. The van der Waals surface area contributed by atoms with Gasteiger partial charge in [-0.2, -0.15) is 0 Å². The summed E-state index contributed by atoms with van der Waals surface area (Å²) in [7, 11) is 1.91. The molecule has 0 bridgehead atoms. The third kappa shape index (κ3) is 6.33. The summed E-state index contributed by atoms with van der Waals surface area (Å²) in [6.45, 7) is 16.3. The maximum absolute atomic E-state index is 5.50. The van der Waals surface area contributed by atoms with Gasteiger partial charge in [0, 0.05) is 45.8 Å². The van der Waals surface area contributed by atoms with Crippen LogP contribution >= 0.6 is 24.0 Å². The van der Waals surface area contributed by atoms with Gasteiger partial charge in [-0.15, -0.1) is 24.0 Å². The Hall–Kier alpha value is -0.0800. The van der Waals surface area contributed by atoms with Gasteiger partial charge in [0.2, 0.25) is 0 Å². The molecule has 0 saturated carbocycles. The minimum absolute atomic E-state index is 0. The van der Waals surface area contributed by atoms with Crippen LogP contribution in [0.3, 0.4) is 0 Å². The number of piperidine rings is 1. The molecule has 1 N–H and O–H groups in total. The molecule has 0 spiro atoms. The van der Waals surface area contributed by atoms with Crippen molar-refractivity contribution < 1.29 is 4.74 Å². The highest BCUT2D eigenvalue weighted by atomic mass is 127. The van der Waals surface area contributed by atoms with E-state index in [1.54, 1.807) is 0 Å². The van der Waals surface area contributed by atoms with Gasteiger partial charge in [0.15, 0.2) is 5.96 Å².